The summed E-state index contributed by atoms with van der Waals surface area (Å²) < 4.78 is 45.4. The average Bonchev–Trinajstić information content (AvgIpc) is 3.30. The zero-order valence-corrected chi connectivity index (χ0v) is 21.5. The molecule has 200 valence electrons. The topological polar surface area (TPSA) is 73.1 Å². The molecule has 38 heavy (non-hydrogen) atoms. The van der Waals surface area contributed by atoms with Crippen LogP contribution in [0.25, 0.3) is 11.4 Å². The Kier molecular flexibility index (Phi) is 7.45. The van der Waals surface area contributed by atoms with Gasteiger partial charge in [-0.25, -0.2) is 9.67 Å². The number of aryl methyl sites for hydroxylation is 1. The highest BCUT2D eigenvalue weighted by Gasteiger charge is 2.31. The van der Waals surface area contributed by atoms with Crippen molar-refractivity contribution >= 4 is 11.4 Å². The number of Topliss-reactive ketones (excluding diaryl/α,β-unsaturated/α-hetero) is 1. The number of alkyl halides is 3. The van der Waals surface area contributed by atoms with E-state index >= 15 is 0 Å². The van der Waals surface area contributed by atoms with E-state index in [4.69, 9.17) is 9.72 Å². The van der Waals surface area contributed by atoms with Crippen molar-refractivity contribution in [1.29, 1.82) is 0 Å². The molecule has 10 heteroatoms. The monoisotopic (exact) mass is 525 g/mol. The molecule has 0 spiro atoms. The molecule has 1 aliphatic carbocycles. The van der Waals surface area contributed by atoms with Crippen molar-refractivity contribution in [3.8, 4) is 5.82 Å². The Morgan fingerprint density at radius 1 is 1.11 bits per heavy atom. The first kappa shape index (κ1) is 26.2. The van der Waals surface area contributed by atoms with E-state index in [1.165, 1.54) is 22.5 Å². The van der Waals surface area contributed by atoms with E-state index in [9.17, 15) is 18.0 Å². The Balaban J connectivity index is 1.25. The van der Waals surface area contributed by atoms with E-state index in [1.54, 1.807) is 13.1 Å². The number of rotatable bonds is 6. The minimum absolute atomic E-state index is 0.139. The Bertz CT molecular complexity index is 1340. The van der Waals surface area contributed by atoms with Gasteiger partial charge in [0.25, 0.3) is 0 Å². The summed E-state index contributed by atoms with van der Waals surface area (Å²) >= 11 is 0. The Morgan fingerprint density at radius 2 is 1.89 bits per heavy atom. The molecule has 5 rings (SSSR count). The molecule has 1 atom stereocenters. The van der Waals surface area contributed by atoms with Crippen LogP contribution in [0.15, 0.2) is 42.9 Å². The summed E-state index contributed by atoms with van der Waals surface area (Å²) in [4.78, 5) is 24.2. The zero-order chi connectivity index (χ0) is 26.9. The summed E-state index contributed by atoms with van der Waals surface area (Å²) in [7, 11) is 0. The number of nitrogens with zero attached hydrogens (tertiary/aromatic N) is 5. The molecule has 7 nitrogen and oxygen atoms in total. The van der Waals surface area contributed by atoms with Gasteiger partial charge in [0.05, 0.1) is 41.9 Å². The highest BCUT2D eigenvalue weighted by Crippen LogP contribution is 2.31. The molecule has 0 bridgehead atoms. The first-order valence-corrected chi connectivity index (χ1v) is 12.8. The minimum atomic E-state index is -4.47. The Labute approximate surface area is 219 Å². The van der Waals surface area contributed by atoms with Crippen LogP contribution < -0.4 is 0 Å². The van der Waals surface area contributed by atoms with Crippen molar-refractivity contribution in [1.82, 2.24) is 24.6 Å². The molecule has 0 amide bonds. The maximum absolute atomic E-state index is 13.1. The first-order valence-electron chi connectivity index (χ1n) is 12.8. The van der Waals surface area contributed by atoms with Gasteiger partial charge in [-0.3, -0.25) is 14.7 Å². The van der Waals surface area contributed by atoms with Crippen molar-refractivity contribution < 1.29 is 22.7 Å². The first-order chi connectivity index (χ1) is 18.2. The molecular formula is C28H30F3N5O2. The van der Waals surface area contributed by atoms with Crippen LogP contribution in [0.4, 0.5) is 13.2 Å². The van der Waals surface area contributed by atoms with Crippen molar-refractivity contribution in [2.24, 2.45) is 0 Å². The highest BCUT2D eigenvalue weighted by molar-refractivity contribution is 5.98. The predicted molar refractivity (Wildman–Crippen MR) is 136 cm³/mol. The number of aromatic nitrogens is 4. The third kappa shape index (κ3) is 5.56. The molecule has 0 unspecified atom stereocenters. The predicted octanol–water partition coefficient (Wildman–Crippen LogP) is 4.99. The second-order valence-electron chi connectivity index (χ2n) is 9.87. The number of carbonyl (C=O) groups excluding carboxylic acids is 1. The summed E-state index contributed by atoms with van der Waals surface area (Å²) in [6, 6.07) is 4.76. The van der Waals surface area contributed by atoms with Crippen LogP contribution in [0, 0.1) is 13.8 Å². The largest absolute Gasteiger partial charge is 0.417 e. The van der Waals surface area contributed by atoms with E-state index in [-0.39, 0.29) is 18.0 Å². The lowest BCUT2D eigenvalue weighted by Crippen LogP contribution is -2.43. The normalized spacial score (nSPS) is 18.9. The van der Waals surface area contributed by atoms with Gasteiger partial charge in [0.2, 0.25) is 0 Å². The molecule has 0 saturated carbocycles. The summed E-state index contributed by atoms with van der Waals surface area (Å²) in [5.74, 6) is 0.0767. The molecule has 3 aromatic heterocycles. The lowest BCUT2D eigenvalue weighted by atomic mass is 9.90. The lowest BCUT2D eigenvalue weighted by Gasteiger charge is -2.36. The average molecular weight is 526 g/mol. The Morgan fingerprint density at radius 3 is 2.53 bits per heavy atom. The second-order valence-corrected chi connectivity index (χ2v) is 9.87. The molecular weight excluding hydrogens is 495 g/mol. The molecule has 1 fully saturated rings. The third-order valence-corrected chi connectivity index (χ3v) is 7.35. The van der Waals surface area contributed by atoms with Gasteiger partial charge in [0.15, 0.2) is 11.6 Å². The summed E-state index contributed by atoms with van der Waals surface area (Å²) in [6.45, 7) is 7.32. The molecule has 2 aliphatic rings. The van der Waals surface area contributed by atoms with Gasteiger partial charge in [0.1, 0.15) is 0 Å². The fourth-order valence-corrected chi connectivity index (χ4v) is 5.25. The minimum Gasteiger partial charge on any atom is -0.379 e. The molecule has 0 radical (unpaired) electrons. The van der Waals surface area contributed by atoms with E-state index in [1.807, 2.05) is 13.0 Å². The molecule has 0 N–H and O–H groups in total. The van der Waals surface area contributed by atoms with Crippen molar-refractivity contribution in [2.45, 2.75) is 51.7 Å². The maximum Gasteiger partial charge on any atom is 0.417 e. The zero-order valence-electron chi connectivity index (χ0n) is 21.5. The van der Waals surface area contributed by atoms with Gasteiger partial charge in [0, 0.05) is 37.9 Å². The lowest BCUT2D eigenvalue weighted by molar-refractivity contribution is -0.137. The number of morpholine rings is 1. The molecule has 0 aromatic carbocycles. The quantitative estimate of drug-likeness (QED) is 0.422. The number of hydrogen-bond donors (Lipinski definition) is 0. The van der Waals surface area contributed by atoms with Crippen LogP contribution in [0.5, 0.6) is 0 Å². The van der Waals surface area contributed by atoms with E-state index in [0.29, 0.717) is 17.3 Å². The summed E-state index contributed by atoms with van der Waals surface area (Å²) in [6.07, 6.45) is 5.03. The number of ketones is 1. The Hall–Kier alpha value is -3.37. The number of carbonyl (C=O) groups is 1. The van der Waals surface area contributed by atoms with Crippen molar-refractivity contribution in [2.75, 3.05) is 26.3 Å². The van der Waals surface area contributed by atoms with Crippen LogP contribution in [0.1, 0.15) is 57.7 Å². The number of ether oxygens (including phenoxy) is 1. The smallest absolute Gasteiger partial charge is 0.379 e. The number of halogens is 3. The summed E-state index contributed by atoms with van der Waals surface area (Å²) in [5, 5.41) is 4.19. The molecule has 1 saturated heterocycles. The number of pyridine rings is 2. The van der Waals surface area contributed by atoms with Gasteiger partial charge < -0.3 is 4.74 Å². The molecule has 4 heterocycles. The maximum atomic E-state index is 13.1. The van der Waals surface area contributed by atoms with Crippen molar-refractivity contribution in [3.63, 3.8) is 0 Å². The van der Waals surface area contributed by atoms with E-state index in [2.05, 4.69) is 21.1 Å². The van der Waals surface area contributed by atoms with Crippen molar-refractivity contribution in [3.05, 3.63) is 76.5 Å². The number of hydrogen-bond acceptors (Lipinski definition) is 6. The summed E-state index contributed by atoms with van der Waals surface area (Å²) in [5.41, 5.74) is 4.16. The van der Waals surface area contributed by atoms with Crippen LogP contribution >= 0.6 is 0 Å². The molecule has 1 aliphatic heterocycles. The number of allylic oxidation sites excluding steroid dienone is 1. The van der Waals surface area contributed by atoms with Crippen LogP contribution in [-0.2, 0) is 17.3 Å². The van der Waals surface area contributed by atoms with Gasteiger partial charge >= 0.3 is 6.18 Å². The standard InChI is InChI=1S/C28H30F3N5O2/c1-18-13-20(15-33-27(18)21-3-6-23(7-4-21)35-9-11-38-12-10-35)14-25(37)24-17-34-36(19(24)2)26-8-5-22(16-32-26)28(29,30)31/h3,5,8,13,15-17,23H,4,6-7,9-12,14H2,1-2H3/t23-/m1/s1. The molecule has 3 aromatic rings. The van der Waals surface area contributed by atoms with Gasteiger partial charge in [-0.1, -0.05) is 12.1 Å². The van der Waals surface area contributed by atoms with Gasteiger partial charge in [-0.05, 0) is 61.9 Å². The fraction of sp³-hybridized carbons (Fsp3) is 0.429. The van der Waals surface area contributed by atoms with Crippen LogP contribution in [0.3, 0.4) is 0 Å². The van der Waals surface area contributed by atoms with Crippen LogP contribution in [0.2, 0.25) is 0 Å². The van der Waals surface area contributed by atoms with E-state index < -0.39 is 11.7 Å². The van der Waals surface area contributed by atoms with E-state index in [0.717, 1.165) is 74.6 Å². The second kappa shape index (κ2) is 10.8. The fourth-order valence-electron chi connectivity index (χ4n) is 5.25. The van der Waals surface area contributed by atoms with Gasteiger partial charge in [-0.15, -0.1) is 0 Å². The van der Waals surface area contributed by atoms with Crippen LogP contribution in [-0.4, -0.2) is 62.8 Å². The van der Waals surface area contributed by atoms with Gasteiger partial charge in [-0.2, -0.15) is 18.3 Å². The SMILES string of the molecule is Cc1cc(CC(=O)c2cnn(-c3ccc(C(F)(F)F)cn3)c2C)cnc1C1=CC[C@@H](N2CCOCC2)CC1. The highest BCUT2D eigenvalue weighted by atomic mass is 19.4. The third-order valence-electron chi connectivity index (χ3n) is 7.35.